The number of halogens is 1. The van der Waals surface area contributed by atoms with Crippen LogP contribution < -0.4 is 15.4 Å². The van der Waals surface area contributed by atoms with E-state index in [1.807, 2.05) is 38.1 Å². The van der Waals surface area contributed by atoms with Crippen molar-refractivity contribution >= 4 is 34.7 Å². The molecule has 0 aliphatic carbocycles. The lowest BCUT2D eigenvalue weighted by Gasteiger charge is -2.15. The van der Waals surface area contributed by atoms with Crippen molar-refractivity contribution in [2.45, 2.75) is 20.0 Å². The second kappa shape index (κ2) is 8.56. The summed E-state index contributed by atoms with van der Waals surface area (Å²) in [6.45, 7) is 3.95. The molecule has 3 aromatic rings. The Morgan fingerprint density at radius 2 is 1.89 bits per heavy atom. The Labute approximate surface area is 163 Å². The van der Waals surface area contributed by atoms with Crippen LogP contribution in [0.15, 0.2) is 66.9 Å². The lowest BCUT2D eigenvalue weighted by molar-refractivity contribution is 0.102. The van der Waals surface area contributed by atoms with E-state index in [2.05, 4.69) is 15.6 Å². The van der Waals surface area contributed by atoms with Gasteiger partial charge in [0.25, 0.3) is 5.91 Å². The smallest absolute Gasteiger partial charge is 0.257 e. The molecule has 0 aliphatic heterocycles. The molecule has 0 bridgehead atoms. The van der Waals surface area contributed by atoms with Crippen LogP contribution >= 0.6 is 11.6 Å². The average molecular weight is 382 g/mol. The van der Waals surface area contributed by atoms with E-state index >= 15 is 0 Å². The molecule has 5 nitrogen and oxygen atoms in total. The first kappa shape index (κ1) is 18.7. The molecule has 0 fully saturated rings. The van der Waals surface area contributed by atoms with E-state index in [0.29, 0.717) is 22.1 Å². The highest BCUT2D eigenvalue weighted by atomic mass is 35.5. The Morgan fingerprint density at radius 1 is 1.07 bits per heavy atom. The van der Waals surface area contributed by atoms with Crippen molar-refractivity contribution in [3.8, 4) is 5.75 Å². The fourth-order valence-electron chi connectivity index (χ4n) is 2.44. The maximum atomic E-state index is 12.3. The minimum absolute atomic E-state index is 0.0680. The van der Waals surface area contributed by atoms with E-state index in [1.165, 1.54) is 6.20 Å². The third-order valence-electron chi connectivity index (χ3n) is 3.62. The highest BCUT2D eigenvalue weighted by Gasteiger charge is 2.09. The van der Waals surface area contributed by atoms with Gasteiger partial charge in [0, 0.05) is 16.9 Å². The van der Waals surface area contributed by atoms with Gasteiger partial charge >= 0.3 is 0 Å². The van der Waals surface area contributed by atoms with Gasteiger partial charge in [-0.2, -0.15) is 0 Å². The Kier molecular flexibility index (Phi) is 5.94. The lowest BCUT2D eigenvalue weighted by atomic mass is 10.2. The number of hydrogen-bond donors (Lipinski definition) is 2. The quantitative estimate of drug-likeness (QED) is 0.590. The van der Waals surface area contributed by atoms with E-state index < -0.39 is 0 Å². The van der Waals surface area contributed by atoms with Gasteiger partial charge in [-0.25, -0.2) is 4.98 Å². The molecular formula is C21H20ClN3O2. The first-order chi connectivity index (χ1) is 13.0. The summed E-state index contributed by atoms with van der Waals surface area (Å²) in [6.07, 6.45) is 1.59. The van der Waals surface area contributed by atoms with Crippen molar-refractivity contribution < 1.29 is 9.53 Å². The molecule has 0 radical (unpaired) electrons. The number of anilines is 3. The third kappa shape index (κ3) is 5.21. The molecular weight excluding hydrogens is 362 g/mol. The maximum absolute atomic E-state index is 12.3. The van der Waals surface area contributed by atoms with Crippen LogP contribution in [-0.2, 0) is 0 Å². The zero-order chi connectivity index (χ0) is 19.2. The summed E-state index contributed by atoms with van der Waals surface area (Å²) >= 11 is 5.93. The summed E-state index contributed by atoms with van der Waals surface area (Å²) in [7, 11) is 0. The van der Waals surface area contributed by atoms with Crippen molar-refractivity contribution in [2.75, 3.05) is 10.6 Å². The molecule has 0 unspecified atom stereocenters. The van der Waals surface area contributed by atoms with Gasteiger partial charge in [-0.1, -0.05) is 29.8 Å². The molecule has 0 saturated heterocycles. The van der Waals surface area contributed by atoms with Crippen LogP contribution in [0.25, 0.3) is 0 Å². The standard InChI is InChI=1S/C21H20ClN3O2/c1-14(2)27-19-9-4-3-8-18(19)25-20-11-10-15(13-23-20)21(26)24-17-7-5-6-16(22)12-17/h3-14H,1-2H3,(H,23,25)(H,24,26). The summed E-state index contributed by atoms with van der Waals surface area (Å²) in [5.41, 5.74) is 1.90. The Hall–Kier alpha value is -3.05. The lowest BCUT2D eigenvalue weighted by Crippen LogP contribution is -2.12. The normalized spacial score (nSPS) is 10.5. The molecule has 27 heavy (non-hydrogen) atoms. The monoisotopic (exact) mass is 381 g/mol. The second-order valence-corrected chi connectivity index (χ2v) is 6.62. The summed E-state index contributed by atoms with van der Waals surface area (Å²) in [6, 6.07) is 18.1. The molecule has 2 aromatic carbocycles. The molecule has 0 atom stereocenters. The van der Waals surface area contributed by atoms with Gasteiger partial charge in [0.1, 0.15) is 11.6 Å². The number of hydrogen-bond acceptors (Lipinski definition) is 4. The van der Waals surface area contributed by atoms with Gasteiger partial charge < -0.3 is 15.4 Å². The fraction of sp³-hybridized carbons (Fsp3) is 0.143. The Morgan fingerprint density at radius 3 is 2.59 bits per heavy atom. The zero-order valence-corrected chi connectivity index (χ0v) is 15.8. The Bertz CT molecular complexity index is 927. The van der Waals surface area contributed by atoms with Gasteiger partial charge in [0.05, 0.1) is 17.4 Å². The molecule has 3 rings (SSSR count). The summed E-state index contributed by atoms with van der Waals surface area (Å²) in [5.74, 6) is 1.12. The number of pyridine rings is 1. The van der Waals surface area contributed by atoms with E-state index in [0.717, 1.165) is 11.4 Å². The van der Waals surface area contributed by atoms with Crippen LogP contribution in [0.5, 0.6) is 5.75 Å². The molecule has 2 N–H and O–H groups in total. The summed E-state index contributed by atoms with van der Waals surface area (Å²) in [5, 5.41) is 6.57. The SMILES string of the molecule is CC(C)Oc1ccccc1Nc1ccc(C(=O)Nc2cccc(Cl)c2)cn1. The van der Waals surface area contributed by atoms with E-state index in [4.69, 9.17) is 16.3 Å². The number of amides is 1. The third-order valence-corrected chi connectivity index (χ3v) is 3.86. The van der Waals surface area contributed by atoms with Crippen molar-refractivity contribution in [1.29, 1.82) is 0 Å². The van der Waals surface area contributed by atoms with Gasteiger partial charge in [-0.05, 0) is 56.3 Å². The van der Waals surface area contributed by atoms with Crippen LogP contribution in [-0.4, -0.2) is 17.0 Å². The van der Waals surface area contributed by atoms with Gasteiger partial charge in [0.2, 0.25) is 0 Å². The predicted molar refractivity (Wildman–Crippen MR) is 109 cm³/mol. The number of nitrogens with one attached hydrogen (secondary N) is 2. The average Bonchev–Trinajstić information content (AvgIpc) is 2.63. The van der Waals surface area contributed by atoms with Crippen LogP contribution in [0.2, 0.25) is 5.02 Å². The molecule has 1 heterocycles. The van der Waals surface area contributed by atoms with Crippen molar-refractivity contribution in [2.24, 2.45) is 0 Å². The van der Waals surface area contributed by atoms with E-state index in [-0.39, 0.29) is 12.0 Å². The molecule has 1 amide bonds. The molecule has 0 aliphatic rings. The Balaban J connectivity index is 1.70. The van der Waals surface area contributed by atoms with Crippen molar-refractivity contribution in [3.63, 3.8) is 0 Å². The topological polar surface area (TPSA) is 63.2 Å². The van der Waals surface area contributed by atoms with E-state index in [1.54, 1.807) is 36.4 Å². The van der Waals surface area contributed by atoms with Gasteiger partial charge in [-0.3, -0.25) is 4.79 Å². The molecule has 138 valence electrons. The molecule has 0 spiro atoms. The van der Waals surface area contributed by atoms with Crippen LogP contribution in [0.3, 0.4) is 0 Å². The van der Waals surface area contributed by atoms with E-state index in [9.17, 15) is 4.79 Å². The summed E-state index contributed by atoms with van der Waals surface area (Å²) < 4.78 is 5.79. The molecule has 1 aromatic heterocycles. The van der Waals surface area contributed by atoms with Crippen molar-refractivity contribution in [3.05, 3.63) is 77.4 Å². The number of aromatic nitrogens is 1. The number of carbonyl (C=O) groups excluding carboxylic acids is 1. The minimum atomic E-state index is -0.250. The number of para-hydroxylation sites is 2. The van der Waals surface area contributed by atoms with Gasteiger partial charge in [-0.15, -0.1) is 0 Å². The fourth-order valence-corrected chi connectivity index (χ4v) is 2.63. The molecule has 0 saturated carbocycles. The van der Waals surface area contributed by atoms with Crippen LogP contribution in [0.1, 0.15) is 24.2 Å². The number of benzene rings is 2. The van der Waals surface area contributed by atoms with Gasteiger partial charge in [0.15, 0.2) is 0 Å². The predicted octanol–water partition coefficient (Wildman–Crippen LogP) is 5.52. The maximum Gasteiger partial charge on any atom is 0.257 e. The summed E-state index contributed by atoms with van der Waals surface area (Å²) in [4.78, 5) is 16.7. The number of carbonyl (C=O) groups is 1. The largest absolute Gasteiger partial charge is 0.489 e. The first-order valence-corrected chi connectivity index (χ1v) is 8.95. The van der Waals surface area contributed by atoms with Crippen LogP contribution in [0.4, 0.5) is 17.2 Å². The number of nitrogens with zero attached hydrogens (tertiary/aromatic N) is 1. The highest BCUT2D eigenvalue weighted by Crippen LogP contribution is 2.27. The highest BCUT2D eigenvalue weighted by molar-refractivity contribution is 6.30. The second-order valence-electron chi connectivity index (χ2n) is 6.18. The van der Waals surface area contributed by atoms with Crippen LogP contribution in [0, 0.1) is 0 Å². The first-order valence-electron chi connectivity index (χ1n) is 8.57. The number of ether oxygens (including phenoxy) is 1. The number of rotatable bonds is 6. The minimum Gasteiger partial charge on any atom is -0.489 e. The molecule has 6 heteroatoms. The van der Waals surface area contributed by atoms with Crippen molar-refractivity contribution in [1.82, 2.24) is 4.98 Å². The zero-order valence-electron chi connectivity index (χ0n) is 15.1.